The Bertz CT molecular complexity index is 612. The second-order valence-corrected chi connectivity index (χ2v) is 4.19. The van der Waals surface area contributed by atoms with E-state index < -0.39 is 0 Å². The van der Waals surface area contributed by atoms with Crippen molar-refractivity contribution >= 4 is 0 Å². The topological polar surface area (TPSA) is 29.5 Å². The summed E-state index contributed by atoms with van der Waals surface area (Å²) in [6.45, 7) is 0.338. The van der Waals surface area contributed by atoms with E-state index in [1.54, 1.807) is 12.1 Å². The van der Waals surface area contributed by atoms with Gasteiger partial charge >= 0.3 is 0 Å². The molecule has 0 heterocycles. The van der Waals surface area contributed by atoms with Crippen molar-refractivity contribution in [3.63, 3.8) is 0 Å². The third-order valence-electron chi connectivity index (χ3n) is 2.64. The maximum absolute atomic E-state index is 13.6. The number of para-hydroxylation sites is 1. The molecule has 0 saturated heterocycles. The van der Waals surface area contributed by atoms with Crippen LogP contribution in [-0.4, -0.2) is 11.7 Å². The molecule has 0 aliphatic rings. The molecule has 2 rings (SSSR count). The van der Waals surface area contributed by atoms with Crippen molar-refractivity contribution < 1.29 is 14.2 Å². The van der Waals surface area contributed by atoms with Gasteiger partial charge in [-0.1, -0.05) is 36.1 Å². The van der Waals surface area contributed by atoms with Crippen LogP contribution >= 0.6 is 0 Å². The van der Waals surface area contributed by atoms with Gasteiger partial charge in [-0.2, -0.15) is 0 Å². The number of rotatable bonds is 4. The lowest BCUT2D eigenvalue weighted by Gasteiger charge is -2.06. The zero-order chi connectivity index (χ0) is 14.2. The van der Waals surface area contributed by atoms with Gasteiger partial charge in [0, 0.05) is 6.42 Å². The number of aliphatic hydroxyl groups is 1. The number of hydrogen-bond acceptors (Lipinski definition) is 2. The number of hydrogen-bond donors (Lipinski definition) is 1. The predicted octanol–water partition coefficient (Wildman–Crippen LogP) is 3.14. The van der Waals surface area contributed by atoms with Crippen LogP contribution in [-0.2, 0) is 6.61 Å². The fourth-order valence-corrected chi connectivity index (χ4v) is 1.66. The van der Waals surface area contributed by atoms with Crippen molar-refractivity contribution in [1.82, 2.24) is 0 Å². The van der Waals surface area contributed by atoms with E-state index in [0.717, 1.165) is 11.3 Å². The van der Waals surface area contributed by atoms with Crippen molar-refractivity contribution in [1.29, 1.82) is 0 Å². The van der Waals surface area contributed by atoms with Gasteiger partial charge in [0.25, 0.3) is 0 Å². The highest BCUT2D eigenvalue weighted by Gasteiger charge is 2.02. The van der Waals surface area contributed by atoms with E-state index in [2.05, 4.69) is 11.8 Å². The third kappa shape index (κ3) is 4.11. The summed E-state index contributed by atoms with van der Waals surface area (Å²) in [6, 6.07) is 14.2. The summed E-state index contributed by atoms with van der Waals surface area (Å²) in [5.41, 5.74) is 1.18. The van der Waals surface area contributed by atoms with Gasteiger partial charge in [-0.3, -0.25) is 0 Å². The molecule has 3 heteroatoms. The molecule has 0 saturated carbocycles. The van der Waals surface area contributed by atoms with Crippen molar-refractivity contribution in [3.8, 4) is 17.6 Å². The summed E-state index contributed by atoms with van der Waals surface area (Å²) in [5.74, 6) is 5.83. The summed E-state index contributed by atoms with van der Waals surface area (Å²) < 4.78 is 19.2. The lowest BCUT2D eigenvalue weighted by atomic mass is 10.1. The first-order valence-corrected chi connectivity index (χ1v) is 6.35. The van der Waals surface area contributed by atoms with Crippen LogP contribution in [0.5, 0.6) is 5.75 Å². The molecular weight excluding hydrogens is 255 g/mol. The van der Waals surface area contributed by atoms with E-state index in [1.807, 2.05) is 30.3 Å². The molecule has 2 aromatic carbocycles. The highest BCUT2D eigenvalue weighted by Crippen LogP contribution is 2.14. The van der Waals surface area contributed by atoms with Crippen molar-refractivity contribution in [3.05, 3.63) is 65.5 Å². The van der Waals surface area contributed by atoms with Crippen molar-refractivity contribution in [2.24, 2.45) is 0 Å². The smallest absolute Gasteiger partial charge is 0.138 e. The standard InChI is InChI=1S/C17H15FO2/c18-17-10-9-14(12-15(17)6-4-5-11-19)13-20-16-7-2-1-3-8-16/h1-3,7-10,12,19H,5,11,13H2. The molecule has 20 heavy (non-hydrogen) atoms. The maximum atomic E-state index is 13.6. The maximum Gasteiger partial charge on any atom is 0.138 e. The zero-order valence-corrected chi connectivity index (χ0v) is 11.0. The Hall–Kier alpha value is -2.31. The SMILES string of the molecule is OCCC#Cc1cc(COc2ccccc2)ccc1F. The normalized spacial score (nSPS) is 9.70. The average Bonchev–Trinajstić information content (AvgIpc) is 2.49. The predicted molar refractivity (Wildman–Crippen MR) is 75.8 cm³/mol. The van der Waals surface area contributed by atoms with Gasteiger partial charge in [-0.15, -0.1) is 0 Å². The summed E-state index contributed by atoms with van der Waals surface area (Å²) in [6.07, 6.45) is 0.337. The van der Waals surface area contributed by atoms with Crippen LogP contribution in [0.1, 0.15) is 17.5 Å². The van der Waals surface area contributed by atoms with Crippen molar-refractivity contribution in [2.45, 2.75) is 13.0 Å². The number of benzene rings is 2. The highest BCUT2D eigenvalue weighted by atomic mass is 19.1. The molecule has 0 aliphatic heterocycles. The van der Waals surface area contributed by atoms with E-state index >= 15 is 0 Å². The Morgan fingerprint density at radius 3 is 2.65 bits per heavy atom. The van der Waals surface area contributed by atoms with E-state index in [9.17, 15) is 4.39 Å². The molecular formula is C17H15FO2. The Balaban J connectivity index is 2.06. The van der Waals surface area contributed by atoms with Gasteiger partial charge in [-0.25, -0.2) is 4.39 Å². The number of halogens is 1. The van der Waals surface area contributed by atoms with Crippen LogP contribution in [0.15, 0.2) is 48.5 Å². The molecule has 0 unspecified atom stereocenters. The van der Waals surface area contributed by atoms with Crippen LogP contribution in [0.3, 0.4) is 0 Å². The average molecular weight is 270 g/mol. The van der Waals surface area contributed by atoms with E-state index in [4.69, 9.17) is 9.84 Å². The minimum Gasteiger partial charge on any atom is -0.489 e. The molecule has 0 atom stereocenters. The largest absolute Gasteiger partial charge is 0.489 e. The van der Waals surface area contributed by atoms with Gasteiger partial charge in [0.1, 0.15) is 18.2 Å². The monoisotopic (exact) mass is 270 g/mol. The first-order chi connectivity index (χ1) is 9.79. The van der Waals surface area contributed by atoms with Gasteiger partial charge in [0.15, 0.2) is 0 Å². The fraction of sp³-hybridized carbons (Fsp3) is 0.176. The minimum atomic E-state index is -0.362. The van der Waals surface area contributed by atoms with Gasteiger partial charge in [0.2, 0.25) is 0 Å². The van der Waals surface area contributed by atoms with Crippen LogP contribution in [0, 0.1) is 17.7 Å². The summed E-state index contributed by atoms with van der Waals surface area (Å²) in [4.78, 5) is 0. The quantitative estimate of drug-likeness (QED) is 0.865. The molecule has 102 valence electrons. The van der Waals surface area contributed by atoms with Gasteiger partial charge in [-0.05, 0) is 29.8 Å². The zero-order valence-electron chi connectivity index (χ0n) is 11.0. The fourth-order valence-electron chi connectivity index (χ4n) is 1.66. The lowest BCUT2D eigenvalue weighted by molar-refractivity contribution is 0.305. The lowest BCUT2D eigenvalue weighted by Crippen LogP contribution is -1.97. The second kappa shape index (κ2) is 7.32. The Labute approximate surface area is 117 Å². The van der Waals surface area contributed by atoms with Crippen LogP contribution in [0.4, 0.5) is 4.39 Å². The van der Waals surface area contributed by atoms with Crippen LogP contribution in [0.25, 0.3) is 0 Å². The number of ether oxygens (including phenoxy) is 1. The van der Waals surface area contributed by atoms with Crippen LogP contribution in [0.2, 0.25) is 0 Å². The Kier molecular flexibility index (Phi) is 5.16. The molecule has 0 amide bonds. The molecule has 0 bridgehead atoms. The first kappa shape index (κ1) is 14.1. The third-order valence-corrected chi connectivity index (χ3v) is 2.64. The van der Waals surface area contributed by atoms with E-state index in [-0.39, 0.29) is 12.4 Å². The summed E-state index contributed by atoms with van der Waals surface area (Å²) in [7, 11) is 0. The minimum absolute atomic E-state index is 0.0224. The first-order valence-electron chi connectivity index (χ1n) is 6.35. The Morgan fingerprint density at radius 2 is 1.90 bits per heavy atom. The van der Waals surface area contributed by atoms with E-state index in [1.165, 1.54) is 6.07 Å². The molecule has 0 spiro atoms. The molecule has 2 nitrogen and oxygen atoms in total. The molecule has 0 radical (unpaired) electrons. The molecule has 0 fully saturated rings. The molecule has 2 aromatic rings. The summed E-state index contributed by atoms with van der Waals surface area (Å²) in [5, 5.41) is 8.66. The summed E-state index contributed by atoms with van der Waals surface area (Å²) >= 11 is 0. The number of aliphatic hydroxyl groups excluding tert-OH is 1. The molecule has 0 aromatic heterocycles. The highest BCUT2D eigenvalue weighted by molar-refractivity contribution is 5.38. The van der Waals surface area contributed by atoms with Gasteiger partial charge in [0.05, 0.1) is 12.2 Å². The van der Waals surface area contributed by atoms with Crippen LogP contribution < -0.4 is 4.74 Å². The molecule has 1 N–H and O–H groups in total. The van der Waals surface area contributed by atoms with E-state index in [0.29, 0.717) is 18.6 Å². The molecule has 0 aliphatic carbocycles. The Morgan fingerprint density at radius 1 is 1.10 bits per heavy atom. The van der Waals surface area contributed by atoms with Crippen molar-refractivity contribution in [2.75, 3.05) is 6.61 Å². The second-order valence-electron chi connectivity index (χ2n) is 4.19. The van der Waals surface area contributed by atoms with Gasteiger partial charge < -0.3 is 9.84 Å².